The fraction of sp³-hybridized carbons (Fsp3) is 0.400. The van der Waals surface area contributed by atoms with E-state index in [0.717, 1.165) is 57.8 Å². The molecule has 1 aromatic heterocycles. The number of aliphatic hydroxyl groups is 1. The molecule has 1 aliphatic carbocycles. The quantitative estimate of drug-likeness (QED) is 0.576. The highest BCUT2D eigenvalue weighted by Gasteiger charge is 2.32. The van der Waals surface area contributed by atoms with Crippen molar-refractivity contribution < 1.29 is 23.1 Å². The third-order valence-electron chi connectivity index (χ3n) is 7.06. The monoisotopic (exact) mass is 483 g/mol. The maximum absolute atomic E-state index is 13.0. The van der Waals surface area contributed by atoms with Crippen molar-refractivity contribution in [1.82, 2.24) is 13.6 Å². The van der Waals surface area contributed by atoms with Gasteiger partial charge in [0.2, 0.25) is 0 Å². The molecular weight excluding hydrogens is 454 g/mol. The Morgan fingerprint density at radius 2 is 1.82 bits per heavy atom. The molecule has 0 spiro atoms. The molecule has 5 rings (SSSR count). The maximum Gasteiger partial charge on any atom is 0.303 e. The molecule has 0 saturated heterocycles. The molecular formula is C25H29N3O5S. The number of aromatic nitrogens is 1. The van der Waals surface area contributed by atoms with Gasteiger partial charge in [-0.3, -0.25) is 4.79 Å². The van der Waals surface area contributed by atoms with Crippen LogP contribution in [0.5, 0.6) is 5.75 Å². The molecule has 2 N–H and O–H groups in total. The number of nitrogens with one attached hydrogen (secondary N) is 1. The third-order valence-corrected chi connectivity index (χ3v) is 8.46. The molecule has 1 fully saturated rings. The molecule has 2 aromatic carbocycles. The smallest absolute Gasteiger partial charge is 0.303 e. The largest absolute Gasteiger partial charge is 0.497 e. The minimum Gasteiger partial charge on any atom is -0.497 e. The average molecular weight is 484 g/mol. The molecule has 180 valence electrons. The number of carbonyl (C=O) groups is 1. The Hall–Kier alpha value is -2.88. The van der Waals surface area contributed by atoms with E-state index in [4.69, 9.17) is 4.74 Å². The second-order valence-electron chi connectivity index (χ2n) is 9.28. The van der Waals surface area contributed by atoms with Crippen molar-refractivity contribution in [2.75, 3.05) is 21.2 Å². The van der Waals surface area contributed by atoms with E-state index in [1.54, 1.807) is 13.2 Å². The summed E-state index contributed by atoms with van der Waals surface area (Å²) < 4.78 is 34.9. The second-order valence-corrected chi connectivity index (χ2v) is 11.2. The number of ether oxygens (including phenoxy) is 1. The summed E-state index contributed by atoms with van der Waals surface area (Å²) in [5.74, 6) is 0.254. The van der Waals surface area contributed by atoms with Gasteiger partial charge in [0.05, 0.1) is 18.3 Å². The van der Waals surface area contributed by atoms with Gasteiger partial charge in [0.15, 0.2) is 6.23 Å². The first-order chi connectivity index (χ1) is 16.2. The van der Waals surface area contributed by atoms with Crippen LogP contribution in [-0.2, 0) is 10.2 Å². The fourth-order valence-electron chi connectivity index (χ4n) is 5.23. The van der Waals surface area contributed by atoms with Gasteiger partial charge in [0.1, 0.15) is 5.75 Å². The zero-order valence-corrected chi connectivity index (χ0v) is 20.4. The van der Waals surface area contributed by atoms with Gasteiger partial charge in [0, 0.05) is 36.2 Å². The second kappa shape index (κ2) is 8.41. The standard InChI is InChI=1S/C25H29N3O5S/c1-27(2)34(31,32)26-24(29)16-11-19(15-7-5-4-6-8-15)20-14-23-18-10-9-17(33-3)13-21(18)25(30)28(23)22(20)12-16/h9-15,25,30H,4-8H2,1-3H3,(H,26,29). The van der Waals surface area contributed by atoms with Crippen molar-refractivity contribution in [3.63, 3.8) is 0 Å². The highest BCUT2D eigenvalue weighted by molar-refractivity contribution is 7.87. The first kappa shape index (κ1) is 22.9. The van der Waals surface area contributed by atoms with E-state index in [9.17, 15) is 18.3 Å². The van der Waals surface area contributed by atoms with E-state index >= 15 is 0 Å². The highest BCUT2D eigenvalue weighted by Crippen LogP contribution is 2.46. The van der Waals surface area contributed by atoms with Crippen molar-refractivity contribution >= 4 is 27.0 Å². The van der Waals surface area contributed by atoms with Crippen LogP contribution in [0, 0.1) is 0 Å². The summed E-state index contributed by atoms with van der Waals surface area (Å²) in [5, 5.41) is 12.2. The van der Waals surface area contributed by atoms with E-state index in [0.29, 0.717) is 11.3 Å². The molecule has 0 radical (unpaired) electrons. The Morgan fingerprint density at radius 3 is 2.50 bits per heavy atom. The molecule has 1 amide bonds. The van der Waals surface area contributed by atoms with Crippen molar-refractivity contribution in [2.45, 2.75) is 44.2 Å². The molecule has 1 unspecified atom stereocenters. The van der Waals surface area contributed by atoms with Crippen LogP contribution in [0.1, 0.15) is 65.7 Å². The summed E-state index contributed by atoms with van der Waals surface area (Å²) in [6.07, 6.45) is 4.55. The van der Waals surface area contributed by atoms with Crippen LogP contribution in [-0.4, -0.2) is 49.5 Å². The molecule has 34 heavy (non-hydrogen) atoms. The highest BCUT2D eigenvalue weighted by atomic mass is 32.2. The molecule has 1 atom stereocenters. The number of methoxy groups -OCH3 is 1. The lowest BCUT2D eigenvalue weighted by Crippen LogP contribution is -2.39. The van der Waals surface area contributed by atoms with Crippen molar-refractivity contribution in [3.8, 4) is 17.0 Å². The molecule has 1 saturated carbocycles. The zero-order valence-electron chi connectivity index (χ0n) is 19.5. The minimum absolute atomic E-state index is 0.264. The summed E-state index contributed by atoms with van der Waals surface area (Å²) in [7, 11) is 0.390. The van der Waals surface area contributed by atoms with Crippen LogP contribution in [0.15, 0.2) is 36.4 Å². The molecule has 0 bridgehead atoms. The molecule has 8 nitrogen and oxygen atoms in total. The van der Waals surface area contributed by atoms with Crippen molar-refractivity contribution in [2.24, 2.45) is 0 Å². The number of benzene rings is 2. The van der Waals surface area contributed by atoms with Crippen LogP contribution >= 0.6 is 0 Å². The minimum atomic E-state index is -3.93. The average Bonchev–Trinajstić information content (AvgIpc) is 3.33. The SMILES string of the molecule is COc1ccc2c(c1)C(O)n1c-2cc2c(C3CCCCC3)cc(C(=O)NS(=O)(=O)N(C)C)cc21. The van der Waals surface area contributed by atoms with Crippen molar-refractivity contribution in [1.29, 1.82) is 0 Å². The predicted octanol–water partition coefficient (Wildman–Crippen LogP) is 3.75. The van der Waals surface area contributed by atoms with Gasteiger partial charge in [-0.15, -0.1) is 0 Å². The number of hydrogen-bond acceptors (Lipinski definition) is 5. The normalized spacial score (nSPS) is 18.2. The van der Waals surface area contributed by atoms with Gasteiger partial charge >= 0.3 is 10.2 Å². The molecule has 2 heterocycles. The number of aliphatic hydroxyl groups excluding tert-OH is 1. The first-order valence-corrected chi connectivity index (χ1v) is 12.9. The summed E-state index contributed by atoms with van der Waals surface area (Å²) in [6, 6.07) is 11.2. The van der Waals surface area contributed by atoms with E-state index in [1.165, 1.54) is 20.5 Å². The summed E-state index contributed by atoms with van der Waals surface area (Å²) >= 11 is 0. The van der Waals surface area contributed by atoms with Crippen LogP contribution in [0.2, 0.25) is 0 Å². The molecule has 9 heteroatoms. The maximum atomic E-state index is 13.0. The molecule has 1 aliphatic heterocycles. The number of fused-ring (bicyclic) bond motifs is 5. The Morgan fingerprint density at radius 1 is 1.09 bits per heavy atom. The van der Waals surface area contributed by atoms with Gasteiger partial charge in [-0.05, 0) is 60.7 Å². The summed E-state index contributed by atoms with van der Waals surface area (Å²) in [4.78, 5) is 13.0. The lowest BCUT2D eigenvalue weighted by molar-refractivity contribution is 0.0979. The summed E-state index contributed by atoms with van der Waals surface area (Å²) in [6.45, 7) is 0. The number of carbonyl (C=O) groups excluding carboxylic acids is 1. The third kappa shape index (κ3) is 3.68. The van der Waals surface area contributed by atoms with Gasteiger partial charge in [0.25, 0.3) is 5.91 Å². The number of amides is 1. The number of hydrogen-bond donors (Lipinski definition) is 2. The Labute approximate surface area is 199 Å². The summed E-state index contributed by atoms with van der Waals surface area (Å²) in [5.41, 5.74) is 4.54. The van der Waals surface area contributed by atoms with Crippen LogP contribution in [0.4, 0.5) is 0 Å². The van der Waals surface area contributed by atoms with Gasteiger partial charge in [-0.25, -0.2) is 4.72 Å². The molecule has 2 aliphatic rings. The lowest BCUT2D eigenvalue weighted by Gasteiger charge is -2.24. The lowest BCUT2D eigenvalue weighted by atomic mass is 9.82. The molecule has 3 aromatic rings. The Balaban J connectivity index is 1.68. The van der Waals surface area contributed by atoms with Gasteiger partial charge < -0.3 is 14.4 Å². The van der Waals surface area contributed by atoms with Crippen LogP contribution < -0.4 is 9.46 Å². The van der Waals surface area contributed by atoms with Crippen LogP contribution in [0.3, 0.4) is 0 Å². The van der Waals surface area contributed by atoms with Crippen molar-refractivity contribution in [3.05, 3.63) is 53.1 Å². The van der Waals surface area contributed by atoms with E-state index in [1.807, 2.05) is 28.8 Å². The first-order valence-electron chi connectivity index (χ1n) is 11.5. The van der Waals surface area contributed by atoms with E-state index in [2.05, 4.69) is 10.8 Å². The zero-order chi connectivity index (χ0) is 24.2. The van der Waals surface area contributed by atoms with Crippen LogP contribution in [0.25, 0.3) is 22.2 Å². The predicted molar refractivity (Wildman–Crippen MR) is 130 cm³/mol. The van der Waals surface area contributed by atoms with Gasteiger partial charge in [-0.2, -0.15) is 12.7 Å². The Kier molecular flexibility index (Phi) is 5.66. The Bertz CT molecular complexity index is 1390. The topological polar surface area (TPSA) is 101 Å². The fourth-order valence-corrected chi connectivity index (χ4v) is 5.76. The van der Waals surface area contributed by atoms with E-state index < -0.39 is 22.3 Å². The number of nitrogens with zero attached hydrogens (tertiary/aromatic N) is 2. The number of rotatable bonds is 5. The van der Waals surface area contributed by atoms with Gasteiger partial charge in [-0.1, -0.05) is 19.3 Å². The van der Waals surface area contributed by atoms with E-state index in [-0.39, 0.29) is 11.5 Å².